The second kappa shape index (κ2) is 8.32. The average Bonchev–Trinajstić information content (AvgIpc) is 3.20. The number of carbonyl (C=O) groups excluding carboxylic acids is 2. The van der Waals surface area contributed by atoms with Gasteiger partial charge in [-0.1, -0.05) is 5.16 Å². The zero-order valence-electron chi connectivity index (χ0n) is 16.8. The van der Waals surface area contributed by atoms with Crippen molar-refractivity contribution in [3.63, 3.8) is 0 Å². The molecule has 9 nitrogen and oxygen atoms in total. The Kier molecular flexibility index (Phi) is 5.42. The predicted molar refractivity (Wildman–Crippen MR) is 111 cm³/mol. The molecule has 2 aromatic heterocycles. The van der Waals surface area contributed by atoms with Crippen molar-refractivity contribution in [3.05, 3.63) is 54.0 Å². The van der Waals surface area contributed by atoms with Crippen LogP contribution in [0.2, 0.25) is 0 Å². The summed E-state index contributed by atoms with van der Waals surface area (Å²) < 4.78 is 5.00. The number of rotatable bonds is 4. The molecule has 0 bridgehead atoms. The van der Waals surface area contributed by atoms with Crippen LogP contribution in [0.1, 0.15) is 23.2 Å². The number of pyridine rings is 1. The van der Waals surface area contributed by atoms with Crippen LogP contribution in [0, 0.1) is 6.92 Å². The lowest BCUT2D eigenvalue weighted by Crippen LogP contribution is -2.49. The number of carbonyl (C=O) groups is 2. The highest BCUT2D eigenvalue weighted by atomic mass is 16.5. The molecule has 4 rings (SSSR count). The highest BCUT2D eigenvalue weighted by molar-refractivity contribution is 5.95. The molecule has 1 saturated heterocycles. The van der Waals surface area contributed by atoms with Crippen LogP contribution < -0.4 is 10.2 Å². The Hall–Kier alpha value is -3.75. The highest BCUT2D eigenvalue weighted by Crippen LogP contribution is 2.20. The molecule has 1 N–H and O–H groups in total. The monoisotopic (exact) mass is 406 g/mol. The maximum absolute atomic E-state index is 12.8. The van der Waals surface area contributed by atoms with E-state index < -0.39 is 0 Å². The lowest BCUT2D eigenvalue weighted by Gasteiger charge is -2.35. The smallest absolute Gasteiger partial charge is 0.253 e. The molecule has 0 saturated carbocycles. The summed E-state index contributed by atoms with van der Waals surface area (Å²) in [5.41, 5.74) is 2.08. The molecule has 0 atom stereocenters. The Morgan fingerprint density at radius 1 is 1.03 bits per heavy atom. The third kappa shape index (κ3) is 4.29. The third-order valence-electron chi connectivity index (χ3n) is 4.88. The molecule has 0 aliphatic carbocycles. The number of hydrogen-bond donors (Lipinski definition) is 1. The molecule has 30 heavy (non-hydrogen) atoms. The van der Waals surface area contributed by atoms with E-state index in [0.717, 1.165) is 11.4 Å². The molecule has 0 unspecified atom stereocenters. The fourth-order valence-corrected chi connectivity index (χ4v) is 3.34. The van der Waals surface area contributed by atoms with E-state index in [-0.39, 0.29) is 11.8 Å². The zero-order valence-corrected chi connectivity index (χ0v) is 16.8. The van der Waals surface area contributed by atoms with Gasteiger partial charge in [0.2, 0.25) is 17.6 Å². The summed E-state index contributed by atoms with van der Waals surface area (Å²) in [6.07, 6.45) is 1.73. The second-order valence-corrected chi connectivity index (χ2v) is 7.08. The molecule has 0 spiro atoms. The second-order valence-electron chi connectivity index (χ2n) is 7.08. The van der Waals surface area contributed by atoms with Gasteiger partial charge in [-0.05, 0) is 36.4 Å². The largest absolute Gasteiger partial charge is 0.353 e. The summed E-state index contributed by atoms with van der Waals surface area (Å²) in [5.74, 6) is 1.73. The van der Waals surface area contributed by atoms with Gasteiger partial charge in [-0.2, -0.15) is 4.98 Å². The summed E-state index contributed by atoms with van der Waals surface area (Å²) in [5, 5.41) is 6.60. The Morgan fingerprint density at radius 3 is 2.33 bits per heavy atom. The molecule has 9 heteroatoms. The fraction of sp³-hybridized carbons (Fsp3) is 0.286. The van der Waals surface area contributed by atoms with Crippen LogP contribution in [0.3, 0.4) is 0 Å². The number of benzene rings is 1. The van der Waals surface area contributed by atoms with Crippen molar-refractivity contribution in [3.8, 4) is 11.4 Å². The van der Waals surface area contributed by atoms with Crippen molar-refractivity contribution in [2.75, 3.05) is 36.4 Å². The van der Waals surface area contributed by atoms with Crippen LogP contribution in [0.25, 0.3) is 11.4 Å². The summed E-state index contributed by atoms with van der Waals surface area (Å²) in [4.78, 5) is 36.6. The van der Waals surface area contributed by atoms with Gasteiger partial charge in [0.25, 0.3) is 5.91 Å². The van der Waals surface area contributed by atoms with E-state index in [4.69, 9.17) is 4.52 Å². The molecule has 1 aromatic carbocycles. The molecule has 3 aromatic rings. The summed E-state index contributed by atoms with van der Waals surface area (Å²) in [6, 6.07) is 10.8. The minimum atomic E-state index is -0.140. The van der Waals surface area contributed by atoms with E-state index in [2.05, 4.69) is 25.3 Å². The molecule has 0 radical (unpaired) electrons. The van der Waals surface area contributed by atoms with E-state index >= 15 is 0 Å². The average molecular weight is 406 g/mol. The molecule has 2 amide bonds. The van der Waals surface area contributed by atoms with Crippen LogP contribution in [-0.4, -0.2) is 58.0 Å². The number of aryl methyl sites for hydroxylation is 1. The van der Waals surface area contributed by atoms with Crippen LogP contribution in [0.5, 0.6) is 0 Å². The number of aromatic nitrogens is 3. The standard InChI is InChI=1S/C21H22N6O3/c1-14(28)23-18-6-3-16(4-7-18)21(29)27-11-9-26(10-12-27)19-8-5-17(13-22-19)20-24-15(2)30-25-20/h3-8,13H,9-12H2,1-2H3,(H,23,28). The van der Waals surface area contributed by atoms with Crippen molar-refractivity contribution in [1.29, 1.82) is 0 Å². The van der Waals surface area contributed by atoms with Crippen LogP contribution in [0.15, 0.2) is 47.1 Å². The minimum Gasteiger partial charge on any atom is -0.353 e. The molecular weight excluding hydrogens is 384 g/mol. The molecule has 3 heterocycles. The van der Waals surface area contributed by atoms with Crippen molar-refractivity contribution in [2.45, 2.75) is 13.8 Å². The first kappa shape index (κ1) is 19.6. The quantitative estimate of drug-likeness (QED) is 0.709. The summed E-state index contributed by atoms with van der Waals surface area (Å²) in [6.45, 7) is 5.82. The minimum absolute atomic E-state index is 0.0141. The SMILES string of the molecule is CC(=O)Nc1ccc(C(=O)N2CCN(c3ccc(-c4noc(C)n4)cn3)CC2)cc1. The Morgan fingerprint density at radius 2 is 1.77 bits per heavy atom. The number of nitrogens with zero attached hydrogens (tertiary/aromatic N) is 5. The summed E-state index contributed by atoms with van der Waals surface area (Å²) in [7, 11) is 0. The van der Waals surface area contributed by atoms with Gasteiger partial charge in [-0.15, -0.1) is 0 Å². The van der Waals surface area contributed by atoms with Gasteiger partial charge < -0.3 is 19.6 Å². The van der Waals surface area contributed by atoms with Crippen molar-refractivity contribution >= 4 is 23.3 Å². The van der Waals surface area contributed by atoms with Crippen molar-refractivity contribution < 1.29 is 14.1 Å². The Bertz CT molecular complexity index is 1040. The van der Waals surface area contributed by atoms with Gasteiger partial charge >= 0.3 is 0 Å². The number of anilines is 2. The van der Waals surface area contributed by atoms with Crippen LogP contribution >= 0.6 is 0 Å². The Labute approximate surface area is 173 Å². The number of piperazine rings is 1. The van der Waals surface area contributed by atoms with E-state index in [1.54, 1.807) is 37.4 Å². The van der Waals surface area contributed by atoms with Gasteiger partial charge in [0, 0.05) is 63.0 Å². The van der Waals surface area contributed by atoms with Gasteiger partial charge in [0.15, 0.2) is 0 Å². The molecule has 1 fully saturated rings. The van der Waals surface area contributed by atoms with Crippen LogP contribution in [0.4, 0.5) is 11.5 Å². The van der Waals surface area contributed by atoms with Gasteiger partial charge in [-0.25, -0.2) is 4.98 Å². The first-order valence-electron chi connectivity index (χ1n) is 9.68. The number of hydrogen-bond acceptors (Lipinski definition) is 7. The highest BCUT2D eigenvalue weighted by Gasteiger charge is 2.23. The lowest BCUT2D eigenvalue weighted by atomic mass is 10.1. The molecule has 1 aliphatic heterocycles. The van der Waals surface area contributed by atoms with E-state index in [9.17, 15) is 9.59 Å². The maximum Gasteiger partial charge on any atom is 0.253 e. The van der Waals surface area contributed by atoms with Crippen LogP contribution in [-0.2, 0) is 4.79 Å². The summed E-state index contributed by atoms with van der Waals surface area (Å²) >= 11 is 0. The number of amides is 2. The lowest BCUT2D eigenvalue weighted by molar-refractivity contribution is -0.114. The number of nitrogens with one attached hydrogen (secondary N) is 1. The van der Waals surface area contributed by atoms with E-state index in [1.807, 2.05) is 17.0 Å². The maximum atomic E-state index is 12.8. The molecule has 1 aliphatic rings. The Balaban J connectivity index is 1.35. The normalized spacial score (nSPS) is 13.9. The van der Waals surface area contributed by atoms with Gasteiger partial charge in [-0.3, -0.25) is 9.59 Å². The van der Waals surface area contributed by atoms with Crippen molar-refractivity contribution in [2.24, 2.45) is 0 Å². The molecule has 154 valence electrons. The first-order valence-corrected chi connectivity index (χ1v) is 9.68. The van der Waals surface area contributed by atoms with Crippen molar-refractivity contribution in [1.82, 2.24) is 20.0 Å². The van der Waals surface area contributed by atoms with E-state index in [1.165, 1.54) is 6.92 Å². The fourth-order valence-electron chi connectivity index (χ4n) is 3.34. The third-order valence-corrected chi connectivity index (χ3v) is 4.88. The molecular formula is C21H22N6O3. The van der Waals surface area contributed by atoms with Gasteiger partial charge in [0.05, 0.1) is 0 Å². The topological polar surface area (TPSA) is 104 Å². The van der Waals surface area contributed by atoms with Gasteiger partial charge in [0.1, 0.15) is 5.82 Å². The first-order chi connectivity index (χ1) is 14.5. The zero-order chi connectivity index (χ0) is 21.1. The van der Waals surface area contributed by atoms with E-state index in [0.29, 0.717) is 49.1 Å². The predicted octanol–water partition coefficient (Wildman–Crippen LogP) is 2.36.